The normalized spacial score (nSPS) is 20.5. The van der Waals surface area contributed by atoms with Crippen LogP contribution in [-0.4, -0.2) is 43.0 Å². The Morgan fingerprint density at radius 2 is 1.84 bits per heavy atom. The van der Waals surface area contributed by atoms with Crippen molar-refractivity contribution in [2.45, 2.75) is 24.1 Å². The number of fused-ring (bicyclic) bond motifs is 1. The summed E-state index contributed by atoms with van der Waals surface area (Å²) in [6, 6.07) is 12.6. The number of nitrogens with zero attached hydrogens (tertiary/aromatic N) is 4. The van der Waals surface area contributed by atoms with Crippen molar-refractivity contribution in [3.05, 3.63) is 71.0 Å². The number of amides is 3. The van der Waals surface area contributed by atoms with Crippen molar-refractivity contribution in [1.82, 2.24) is 20.3 Å². The Labute approximate surface area is 192 Å². The van der Waals surface area contributed by atoms with E-state index in [0.29, 0.717) is 17.0 Å². The van der Waals surface area contributed by atoms with Gasteiger partial charge in [-0.25, -0.2) is 5.01 Å². The van der Waals surface area contributed by atoms with E-state index in [-0.39, 0.29) is 18.4 Å². The van der Waals surface area contributed by atoms with Crippen LogP contribution in [0.4, 0.5) is 4.79 Å². The van der Waals surface area contributed by atoms with Gasteiger partial charge in [0.05, 0.1) is 22.8 Å². The molecule has 2 unspecified atom stereocenters. The van der Waals surface area contributed by atoms with Crippen molar-refractivity contribution in [3.8, 4) is 0 Å². The van der Waals surface area contributed by atoms with Crippen LogP contribution in [0.1, 0.15) is 30.0 Å². The zero-order chi connectivity index (χ0) is 22.2. The van der Waals surface area contributed by atoms with Gasteiger partial charge in [0.2, 0.25) is 11.8 Å². The van der Waals surface area contributed by atoms with Crippen LogP contribution >= 0.6 is 23.4 Å². The number of carbonyl (C=O) groups excluding carboxylic acids is 3. The first-order valence-electron chi connectivity index (χ1n) is 9.85. The summed E-state index contributed by atoms with van der Waals surface area (Å²) in [5, 5.41) is 7.65. The second-order valence-electron chi connectivity index (χ2n) is 7.40. The van der Waals surface area contributed by atoms with E-state index in [1.807, 2.05) is 30.3 Å². The number of aromatic nitrogens is 2. The quantitative estimate of drug-likeness (QED) is 0.629. The van der Waals surface area contributed by atoms with Crippen LogP contribution in [0.5, 0.6) is 0 Å². The number of imide groups is 1. The number of benzene rings is 2. The molecule has 3 aromatic rings. The summed E-state index contributed by atoms with van der Waals surface area (Å²) in [6.45, 7) is 0. The highest BCUT2D eigenvalue weighted by atomic mass is 35.5. The van der Waals surface area contributed by atoms with Crippen LogP contribution in [0.2, 0.25) is 5.02 Å². The minimum atomic E-state index is -0.757. The number of carbonyl (C=O) groups is 3. The molecule has 2 aliphatic rings. The first kappa shape index (κ1) is 20.6. The molecular formula is C22H16ClN5O3S. The molecule has 3 heterocycles. The van der Waals surface area contributed by atoms with Gasteiger partial charge in [0.1, 0.15) is 5.25 Å². The van der Waals surface area contributed by atoms with Gasteiger partial charge in [0.15, 0.2) is 0 Å². The number of nitrogens with one attached hydrogen (secondary N) is 1. The van der Waals surface area contributed by atoms with Crippen molar-refractivity contribution in [1.29, 1.82) is 0 Å². The lowest BCUT2D eigenvalue weighted by Gasteiger charge is -2.23. The smallest absolute Gasteiger partial charge is 0.286 e. The van der Waals surface area contributed by atoms with E-state index in [1.165, 1.54) is 5.01 Å². The minimum absolute atomic E-state index is 0.122. The highest BCUT2D eigenvalue weighted by molar-refractivity contribution is 8.15. The van der Waals surface area contributed by atoms with Gasteiger partial charge in [-0.3, -0.25) is 29.7 Å². The maximum absolute atomic E-state index is 13.2. The number of rotatable bonds is 4. The molecule has 3 amide bonds. The lowest BCUT2D eigenvalue weighted by molar-refractivity contribution is -0.134. The molecule has 0 bridgehead atoms. The molecule has 0 spiro atoms. The Bertz CT molecular complexity index is 1280. The van der Waals surface area contributed by atoms with E-state index in [9.17, 15) is 14.4 Å². The maximum Gasteiger partial charge on any atom is 0.286 e. The van der Waals surface area contributed by atoms with Crippen molar-refractivity contribution in [3.63, 3.8) is 0 Å². The van der Waals surface area contributed by atoms with Crippen LogP contribution in [0, 0.1) is 0 Å². The summed E-state index contributed by atoms with van der Waals surface area (Å²) in [4.78, 5) is 45.3. The Morgan fingerprint density at radius 1 is 1.09 bits per heavy atom. The first-order valence-corrected chi connectivity index (χ1v) is 11.1. The molecule has 1 aromatic heterocycles. The molecule has 2 aliphatic heterocycles. The second kappa shape index (κ2) is 8.33. The number of halogens is 1. The predicted molar refractivity (Wildman–Crippen MR) is 121 cm³/mol. The SMILES string of the molecule is O=C1NC(=O)C(CC(=O)N2N=C(c3ccc(Cl)cc3)CC2c2ccc3nccnc3c2)S1. The standard InChI is InChI=1S/C22H16ClN5O3S/c23-14-4-1-12(2-5-14)16-10-18(13-3-6-15-17(9-13)25-8-7-24-15)28(27-16)20(29)11-19-21(30)26-22(31)32-19/h1-9,18-19H,10-11H2,(H,26,30,31). The van der Waals surface area contributed by atoms with E-state index in [1.54, 1.807) is 24.5 Å². The fraction of sp³-hybridized carbons (Fsp3) is 0.182. The summed E-state index contributed by atoms with van der Waals surface area (Å²) >= 11 is 6.84. The third kappa shape index (κ3) is 3.96. The molecule has 1 N–H and O–H groups in total. The molecule has 32 heavy (non-hydrogen) atoms. The van der Waals surface area contributed by atoms with Gasteiger partial charge < -0.3 is 0 Å². The van der Waals surface area contributed by atoms with Crippen LogP contribution in [-0.2, 0) is 9.59 Å². The van der Waals surface area contributed by atoms with Crippen LogP contribution in [0.25, 0.3) is 11.0 Å². The van der Waals surface area contributed by atoms with Crippen LogP contribution < -0.4 is 5.32 Å². The molecule has 2 aromatic carbocycles. The third-order valence-corrected chi connectivity index (χ3v) is 6.58. The van der Waals surface area contributed by atoms with Gasteiger partial charge in [-0.1, -0.05) is 41.6 Å². The van der Waals surface area contributed by atoms with Crippen molar-refractivity contribution >= 4 is 57.2 Å². The highest BCUT2D eigenvalue weighted by Crippen LogP contribution is 2.35. The summed E-state index contributed by atoms with van der Waals surface area (Å²) in [5.74, 6) is -0.785. The zero-order valence-corrected chi connectivity index (χ0v) is 18.1. The third-order valence-electron chi connectivity index (χ3n) is 5.35. The van der Waals surface area contributed by atoms with Gasteiger partial charge in [0, 0.05) is 30.3 Å². The average molecular weight is 466 g/mol. The molecule has 10 heteroatoms. The largest absolute Gasteiger partial charge is 0.286 e. The zero-order valence-electron chi connectivity index (χ0n) is 16.6. The molecule has 0 saturated carbocycles. The fourth-order valence-electron chi connectivity index (χ4n) is 3.78. The van der Waals surface area contributed by atoms with E-state index in [2.05, 4.69) is 20.4 Å². The number of hydrogen-bond donors (Lipinski definition) is 1. The summed E-state index contributed by atoms with van der Waals surface area (Å²) in [7, 11) is 0. The van der Waals surface area contributed by atoms with Gasteiger partial charge in [0.25, 0.3) is 5.24 Å². The molecule has 0 radical (unpaired) electrons. The van der Waals surface area contributed by atoms with E-state index >= 15 is 0 Å². The second-order valence-corrected chi connectivity index (χ2v) is 9.02. The van der Waals surface area contributed by atoms with Gasteiger partial charge in [-0.2, -0.15) is 5.10 Å². The van der Waals surface area contributed by atoms with Crippen molar-refractivity contribution in [2.24, 2.45) is 5.10 Å². The Hall–Kier alpha value is -3.30. The maximum atomic E-state index is 13.2. The predicted octanol–water partition coefficient (Wildman–Crippen LogP) is 3.70. The molecule has 2 atom stereocenters. The number of thioether (sulfide) groups is 1. The van der Waals surface area contributed by atoms with Gasteiger partial charge in [-0.15, -0.1) is 0 Å². The molecular weight excluding hydrogens is 450 g/mol. The number of hydrazone groups is 1. The van der Waals surface area contributed by atoms with Gasteiger partial charge in [-0.05, 0) is 35.4 Å². The van der Waals surface area contributed by atoms with Crippen LogP contribution in [0.15, 0.2) is 60.0 Å². The Balaban J connectivity index is 1.48. The van der Waals surface area contributed by atoms with Crippen molar-refractivity contribution in [2.75, 3.05) is 0 Å². The Kier molecular flexibility index (Phi) is 5.36. The molecule has 1 fully saturated rings. The van der Waals surface area contributed by atoms with E-state index < -0.39 is 16.4 Å². The number of hydrogen-bond acceptors (Lipinski definition) is 7. The monoisotopic (exact) mass is 465 g/mol. The van der Waals surface area contributed by atoms with Gasteiger partial charge >= 0.3 is 0 Å². The molecule has 1 saturated heterocycles. The molecule has 5 rings (SSSR count). The highest BCUT2D eigenvalue weighted by Gasteiger charge is 2.38. The van der Waals surface area contributed by atoms with E-state index in [4.69, 9.17) is 11.6 Å². The average Bonchev–Trinajstić information content (AvgIpc) is 3.37. The summed E-state index contributed by atoms with van der Waals surface area (Å²) < 4.78 is 0. The first-order chi connectivity index (χ1) is 15.5. The van der Waals surface area contributed by atoms with E-state index in [0.717, 1.165) is 34.1 Å². The molecule has 160 valence electrons. The fourth-order valence-corrected chi connectivity index (χ4v) is 4.72. The summed E-state index contributed by atoms with van der Waals surface area (Å²) in [6.07, 6.45) is 3.61. The topological polar surface area (TPSA) is 105 Å². The van der Waals surface area contributed by atoms with Crippen molar-refractivity contribution < 1.29 is 14.4 Å². The molecule has 8 nitrogen and oxygen atoms in total. The lowest BCUT2D eigenvalue weighted by atomic mass is 9.98. The summed E-state index contributed by atoms with van der Waals surface area (Å²) in [5.41, 5.74) is 3.92. The Morgan fingerprint density at radius 3 is 2.56 bits per heavy atom. The minimum Gasteiger partial charge on any atom is -0.286 e. The lowest BCUT2D eigenvalue weighted by Crippen LogP contribution is -2.32. The van der Waals surface area contributed by atoms with Crippen LogP contribution in [0.3, 0.4) is 0 Å². The molecule has 0 aliphatic carbocycles.